The minimum atomic E-state index is 0.851. The molecule has 0 aliphatic carbocycles. The zero-order chi connectivity index (χ0) is 41.4. The summed E-state index contributed by atoms with van der Waals surface area (Å²) in [5, 5.41) is 12.0. The highest BCUT2D eigenvalue weighted by Crippen LogP contribution is 2.47. The summed E-state index contributed by atoms with van der Waals surface area (Å²) in [6, 6.07) is 83.3. The van der Waals surface area contributed by atoms with Crippen LogP contribution in [0.4, 0.5) is 17.1 Å². The maximum absolute atomic E-state index is 7.08. The van der Waals surface area contributed by atoms with Gasteiger partial charge in [-0.1, -0.05) is 188 Å². The van der Waals surface area contributed by atoms with Gasteiger partial charge in [0.15, 0.2) is 5.58 Å². The minimum absolute atomic E-state index is 0.851. The molecule has 11 aromatic carbocycles. The van der Waals surface area contributed by atoms with E-state index in [4.69, 9.17) is 4.42 Å². The fraction of sp³-hybridized carbons (Fsp3) is 0. The first-order valence-electron chi connectivity index (χ1n) is 21.6. The molecule has 0 aliphatic heterocycles. The Morgan fingerprint density at radius 1 is 0.333 bits per heavy atom. The molecule has 0 aliphatic rings. The Labute approximate surface area is 363 Å². The van der Waals surface area contributed by atoms with Crippen LogP contribution in [0.15, 0.2) is 235 Å². The Morgan fingerprint density at radius 2 is 0.952 bits per heavy atom. The molecule has 0 spiro atoms. The Hall–Kier alpha value is -8.40. The van der Waals surface area contributed by atoms with Gasteiger partial charge in [-0.2, -0.15) is 0 Å². The maximum atomic E-state index is 7.08. The Balaban J connectivity index is 1.02. The number of rotatable bonds is 6. The third-order valence-electron chi connectivity index (χ3n) is 12.9. The average molecular weight is 803 g/mol. The summed E-state index contributed by atoms with van der Waals surface area (Å²) in [6.45, 7) is 0. The van der Waals surface area contributed by atoms with Crippen molar-refractivity contribution in [3.63, 3.8) is 0 Å². The molecule has 3 nitrogen and oxygen atoms in total. The highest BCUT2D eigenvalue weighted by atomic mass is 16.3. The number of para-hydroxylation sites is 3. The van der Waals surface area contributed by atoms with Crippen molar-refractivity contribution in [2.24, 2.45) is 0 Å². The molecule has 0 fully saturated rings. The highest BCUT2D eigenvalue weighted by Gasteiger charge is 2.23. The lowest BCUT2D eigenvalue weighted by Crippen LogP contribution is -2.11. The van der Waals surface area contributed by atoms with Gasteiger partial charge in [-0.25, -0.2) is 0 Å². The summed E-state index contributed by atoms with van der Waals surface area (Å²) in [5.41, 5.74) is 12.9. The fourth-order valence-electron chi connectivity index (χ4n) is 10.1. The van der Waals surface area contributed by atoms with E-state index < -0.39 is 0 Å². The van der Waals surface area contributed by atoms with Crippen LogP contribution >= 0.6 is 0 Å². The van der Waals surface area contributed by atoms with E-state index in [1.54, 1.807) is 0 Å². The first-order valence-corrected chi connectivity index (χ1v) is 21.6. The van der Waals surface area contributed by atoms with E-state index in [1.165, 1.54) is 54.1 Å². The van der Waals surface area contributed by atoms with E-state index in [2.05, 4.69) is 240 Å². The van der Waals surface area contributed by atoms with Gasteiger partial charge in [-0.3, -0.25) is 0 Å². The van der Waals surface area contributed by atoms with Crippen LogP contribution in [0.3, 0.4) is 0 Å². The van der Waals surface area contributed by atoms with E-state index in [1.807, 2.05) is 0 Å². The summed E-state index contributed by atoms with van der Waals surface area (Å²) in [7, 11) is 0. The molecule has 0 radical (unpaired) electrons. The predicted octanol–water partition coefficient (Wildman–Crippen LogP) is 16.9. The van der Waals surface area contributed by atoms with Crippen molar-refractivity contribution in [2.75, 3.05) is 4.90 Å². The topological polar surface area (TPSA) is 21.3 Å². The molecule has 13 rings (SSSR count). The van der Waals surface area contributed by atoms with Crippen molar-refractivity contribution in [2.45, 2.75) is 0 Å². The number of anilines is 3. The van der Waals surface area contributed by atoms with Crippen LogP contribution in [-0.2, 0) is 0 Å². The largest absolute Gasteiger partial charge is 0.453 e. The van der Waals surface area contributed by atoms with Crippen LogP contribution in [0.5, 0.6) is 0 Å². The molecular formula is C60H38N2O. The monoisotopic (exact) mass is 802 g/mol. The van der Waals surface area contributed by atoms with Crippen LogP contribution in [0.2, 0.25) is 0 Å². The van der Waals surface area contributed by atoms with Crippen molar-refractivity contribution < 1.29 is 4.42 Å². The van der Waals surface area contributed by atoms with Gasteiger partial charge in [0.2, 0.25) is 0 Å². The molecule has 2 aromatic heterocycles. The van der Waals surface area contributed by atoms with Gasteiger partial charge in [0.05, 0.1) is 22.4 Å². The molecule has 294 valence electrons. The lowest BCUT2D eigenvalue weighted by molar-refractivity contribution is 0.670. The van der Waals surface area contributed by atoms with Crippen LogP contribution in [-0.4, -0.2) is 4.57 Å². The quantitative estimate of drug-likeness (QED) is 0.156. The van der Waals surface area contributed by atoms with Crippen LogP contribution in [0.1, 0.15) is 0 Å². The standard InChI is InChI=1S/C60H38N2O/c1-3-15-40(16-4-1)48-25-13-26-53-54-27-14-28-55(60(54)63-59(48)53)61(56-38-43-18-8-9-21-46(43)49-23-11-12-24-50(49)56)45-33-29-39(30-34-45)42-32-35-51-52-36-31-41-17-7-10-22-47(41)58(52)62(57(51)37-42)44-19-5-2-6-20-44/h1-38H. The number of hydrogen-bond acceptors (Lipinski definition) is 2. The van der Waals surface area contributed by atoms with Crippen molar-refractivity contribution in [1.29, 1.82) is 0 Å². The number of aromatic nitrogens is 1. The number of fused-ring (bicyclic) bond motifs is 11. The van der Waals surface area contributed by atoms with E-state index in [0.717, 1.165) is 66.9 Å². The van der Waals surface area contributed by atoms with E-state index in [9.17, 15) is 0 Å². The smallest absolute Gasteiger partial charge is 0.159 e. The van der Waals surface area contributed by atoms with E-state index in [0.29, 0.717) is 0 Å². The van der Waals surface area contributed by atoms with Gasteiger partial charge in [-0.15, -0.1) is 0 Å². The zero-order valence-corrected chi connectivity index (χ0v) is 34.2. The van der Waals surface area contributed by atoms with E-state index in [-0.39, 0.29) is 0 Å². The Morgan fingerprint density at radius 3 is 1.76 bits per heavy atom. The summed E-state index contributed by atoms with van der Waals surface area (Å²) in [6.07, 6.45) is 0. The van der Waals surface area contributed by atoms with Crippen molar-refractivity contribution in [3.05, 3.63) is 231 Å². The molecular weight excluding hydrogens is 765 g/mol. The maximum Gasteiger partial charge on any atom is 0.159 e. The third-order valence-corrected chi connectivity index (χ3v) is 12.9. The molecule has 13 aromatic rings. The minimum Gasteiger partial charge on any atom is -0.453 e. The average Bonchev–Trinajstić information content (AvgIpc) is 3.91. The second-order valence-electron chi connectivity index (χ2n) is 16.4. The molecule has 0 saturated heterocycles. The van der Waals surface area contributed by atoms with Crippen molar-refractivity contribution >= 4 is 93.1 Å². The first-order chi connectivity index (χ1) is 31.3. The van der Waals surface area contributed by atoms with Gasteiger partial charge in [0.1, 0.15) is 5.58 Å². The number of furan rings is 1. The van der Waals surface area contributed by atoms with Gasteiger partial charge >= 0.3 is 0 Å². The summed E-state index contributed by atoms with van der Waals surface area (Å²) in [5.74, 6) is 0. The Kier molecular flexibility index (Phi) is 7.91. The molecule has 0 saturated carbocycles. The molecule has 63 heavy (non-hydrogen) atoms. The van der Waals surface area contributed by atoms with Gasteiger partial charge in [-0.05, 0) is 80.7 Å². The normalized spacial score (nSPS) is 11.8. The fourth-order valence-corrected chi connectivity index (χ4v) is 10.1. The van der Waals surface area contributed by atoms with Gasteiger partial charge in [0, 0.05) is 49.3 Å². The number of benzene rings is 11. The molecule has 0 bridgehead atoms. The molecule has 2 heterocycles. The molecule has 0 unspecified atom stereocenters. The van der Waals surface area contributed by atoms with Crippen LogP contribution < -0.4 is 4.90 Å². The van der Waals surface area contributed by atoms with Gasteiger partial charge in [0.25, 0.3) is 0 Å². The lowest BCUT2D eigenvalue weighted by Gasteiger charge is -2.27. The summed E-state index contributed by atoms with van der Waals surface area (Å²) < 4.78 is 9.52. The number of nitrogens with zero attached hydrogens (tertiary/aromatic N) is 2. The highest BCUT2D eigenvalue weighted by molar-refractivity contribution is 6.20. The second kappa shape index (κ2) is 14.1. The molecule has 0 amide bonds. The van der Waals surface area contributed by atoms with Crippen molar-refractivity contribution in [3.8, 4) is 27.9 Å². The lowest BCUT2D eigenvalue weighted by atomic mass is 9.98. The predicted molar refractivity (Wildman–Crippen MR) is 266 cm³/mol. The summed E-state index contributed by atoms with van der Waals surface area (Å²) in [4.78, 5) is 2.40. The first kappa shape index (κ1) is 35.4. The number of hydrogen-bond donors (Lipinski definition) is 0. The third kappa shape index (κ3) is 5.53. The second-order valence-corrected chi connectivity index (χ2v) is 16.4. The van der Waals surface area contributed by atoms with Crippen LogP contribution in [0, 0.1) is 0 Å². The van der Waals surface area contributed by atoms with Gasteiger partial charge < -0.3 is 13.9 Å². The van der Waals surface area contributed by atoms with Crippen LogP contribution in [0.25, 0.3) is 104 Å². The molecule has 0 N–H and O–H groups in total. The van der Waals surface area contributed by atoms with E-state index >= 15 is 0 Å². The molecule has 3 heteroatoms. The van der Waals surface area contributed by atoms with Crippen molar-refractivity contribution in [1.82, 2.24) is 4.57 Å². The zero-order valence-electron chi connectivity index (χ0n) is 34.2. The Bertz CT molecular complexity index is 3900. The summed E-state index contributed by atoms with van der Waals surface area (Å²) >= 11 is 0. The SMILES string of the molecule is c1ccc(-c2cccc3c2oc2c(N(c4ccc(-c5ccc6c7ccc8ccccc8c7n(-c7ccccc7)c6c5)cc4)c4cc5ccccc5c5ccccc45)cccc23)cc1. The molecule has 0 atom stereocenters.